The molecule has 0 saturated carbocycles. The summed E-state index contributed by atoms with van der Waals surface area (Å²) in [7, 11) is -3.85. The van der Waals surface area contributed by atoms with Gasteiger partial charge in [0.2, 0.25) is 21.8 Å². The Hall–Kier alpha value is -3.07. The molecule has 10 heteroatoms. The first kappa shape index (κ1) is 31.5. The van der Waals surface area contributed by atoms with Crippen LogP contribution in [0.5, 0.6) is 0 Å². The molecule has 0 aliphatic heterocycles. The predicted molar refractivity (Wildman–Crippen MR) is 162 cm³/mol. The van der Waals surface area contributed by atoms with Crippen molar-refractivity contribution in [3.63, 3.8) is 0 Å². The number of benzene rings is 3. The van der Waals surface area contributed by atoms with Gasteiger partial charge in [0.15, 0.2) is 0 Å². The highest BCUT2D eigenvalue weighted by Gasteiger charge is 2.33. The molecule has 2 amide bonds. The minimum atomic E-state index is -3.85. The Labute approximate surface area is 247 Å². The van der Waals surface area contributed by atoms with E-state index >= 15 is 0 Å². The van der Waals surface area contributed by atoms with Crippen molar-refractivity contribution in [2.75, 3.05) is 23.7 Å². The van der Waals surface area contributed by atoms with Crippen LogP contribution in [0.25, 0.3) is 0 Å². The molecule has 0 unspecified atom stereocenters. The van der Waals surface area contributed by atoms with Gasteiger partial charge in [-0.05, 0) is 54.7 Å². The second kappa shape index (κ2) is 14.0. The first-order chi connectivity index (χ1) is 18.9. The van der Waals surface area contributed by atoms with Crippen molar-refractivity contribution in [3.05, 3.63) is 99.0 Å². The molecule has 0 spiro atoms. The van der Waals surface area contributed by atoms with Gasteiger partial charge in [0, 0.05) is 19.5 Å². The van der Waals surface area contributed by atoms with Gasteiger partial charge in [0.05, 0.1) is 22.0 Å². The summed E-state index contributed by atoms with van der Waals surface area (Å²) < 4.78 is 27.1. The number of hydrogen-bond donors (Lipinski definition) is 1. The average molecular weight is 605 g/mol. The van der Waals surface area contributed by atoms with Crippen molar-refractivity contribution in [1.82, 2.24) is 10.2 Å². The van der Waals surface area contributed by atoms with Crippen LogP contribution < -0.4 is 9.62 Å². The van der Waals surface area contributed by atoms with Crippen molar-refractivity contribution in [2.45, 2.75) is 46.2 Å². The van der Waals surface area contributed by atoms with Crippen LogP contribution in [0.2, 0.25) is 10.0 Å². The molecule has 0 aromatic heterocycles. The second-order valence-corrected chi connectivity index (χ2v) is 12.5. The highest BCUT2D eigenvalue weighted by molar-refractivity contribution is 7.92. The first-order valence-electron chi connectivity index (χ1n) is 13.0. The number of aryl methyl sites for hydroxylation is 2. The van der Waals surface area contributed by atoms with Gasteiger partial charge in [-0.15, -0.1) is 0 Å². The van der Waals surface area contributed by atoms with Crippen LogP contribution >= 0.6 is 23.2 Å². The molecule has 0 fully saturated rings. The molecular weight excluding hydrogens is 569 g/mol. The molecule has 0 saturated heterocycles. The van der Waals surface area contributed by atoms with Crippen molar-refractivity contribution < 1.29 is 18.0 Å². The number of nitrogens with one attached hydrogen (secondary N) is 1. The lowest BCUT2D eigenvalue weighted by Crippen LogP contribution is -2.53. The molecule has 0 heterocycles. The van der Waals surface area contributed by atoms with E-state index in [0.29, 0.717) is 27.8 Å². The maximum absolute atomic E-state index is 14.1. The van der Waals surface area contributed by atoms with Crippen molar-refractivity contribution in [1.29, 1.82) is 0 Å². The Morgan fingerprint density at radius 1 is 0.900 bits per heavy atom. The number of nitrogens with zero attached hydrogens (tertiary/aromatic N) is 2. The standard InChI is InChI=1S/C30H35Cl2N3O4S/c1-5-16-33-30(37)27(18-23-12-7-6-8-13-23)34(19-24-14-15-25(31)26(32)17-24)28(36)20-35(40(4,38)39)29-21(2)10-9-11-22(29)3/h6-15,17,27H,5,16,18-20H2,1-4H3,(H,33,37)/t27-/m1/s1. The summed E-state index contributed by atoms with van der Waals surface area (Å²) in [6, 6.07) is 18.9. The number of rotatable bonds is 12. The Morgan fingerprint density at radius 2 is 1.55 bits per heavy atom. The molecule has 0 aliphatic rings. The normalized spacial score (nSPS) is 12.1. The monoisotopic (exact) mass is 603 g/mol. The number of hydrogen-bond acceptors (Lipinski definition) is 4. The number of carbonyl (C=O) groups excluding carboxylic acids is 2. The molecule has 40 heavy (non-hydrogen) atoms. The van der Waals surface area contributed by atoms with Crippen molar-refractivity contribution in [3.8, 4) is 0 Å². The quantitative estimate of drug-likeness (QED) is 0.294. The first-order valence-corrected chi connectivity index (χ1v) is 15.6. The number of anilines is 1. The maximum Gasteiger partial charge on any atom is 0.244 e. The number of halogens is 2. The van der Waals surface area contributed by atoms with Gasteiger partial charge in [-0.1, -0.05) is 84.7 Å². The lowest BCUT2D eigenvalue weighted by atomic mass is 10.0. The number of para-hydroxylation sites is 1. The third-order valence-electron chi connectivity index (χ3n) is 6.53. The molecule has 0 radical (unpaired) electrons. The fourth-order valence-electron chi connectivity index (χ4n) is 4.53. The van der Waals surface area contributed by atoms with Crippen molar-refractivity contribution >= 4 is 50.7 Å². The molecule has 3 rings (SSSR count). The van der Waals surface area contributed by atoms with Gasteiger partial charge in [-0.3, -0.25) is 13.9 Å². The molecule has 0 aliphatic carbocycles. The van der Waals surface area contributed by atoms with E-state index in [-0.39, 0.29) is 18.9 Å². The van der Waals surface area contributed by atoms with Gasteiger partial charge in [-0.25, -0.2) is 8.42 Å². The highest BCUT2D eigenvalue weighted by Crippen LogP contribution is 2.28. The van der Waals surface area contributed by atoms with Gasteiger partial charge in [0.1, 0.15) is 12.6 Å². The zero-order valence-electron chi connectivity index (χ0n) is 23.2. The van der Waals surface area contributed by atoms with Crippen LogP contribution in [0, 0.1) is 13.8 Å². The molecule has 7 nitrogen and oxygen atoms in total. The Bertz CT molecular complexity index is 1430. The van der Waals surface area contributed by atoms with E-state index in [1.54, 1.807) is 44.2 Å². The SMILES string of the molecule is CCCNC(=O)[C@@H](Cc1ccccc1)N(Cc1ccc(Cl)c(Cl)c1)C(=O)CN(c1c(C)cccc1C)S(C)(=O)=O. The third kappa shape index (κ3) is 8.22. The Kier molecular flexibility index (Phi) is 11.0. The molecule has 1 atom stereocenters. The van der Waals surface area contributed by atoms with E-state index < -0.39 is 28.5 Å². The van der Waals surface area contributed by atoms with Crippen LogP contribution in [-0.2, 0) is 32.6 Å². The number of carbonyl (C=O) groups is 2. The fourth-order valence-corrected chi connectivity index (χ4v) is 5.81. The minimum absolute atomic E-state index is 0.0249. The lowest BCUT2D eigenvalue weighted by Gasteiger charge is -2.34. The van der Waals surface area contributed by atoms with E-state index in [2.05, 4.69) is 5.32 Å². The van der Waals surface area contributed by atoms with Gasteiger partial charge >= 0.3 is 0 Å². The molecule has 0 bridgehead atoms. The molecule has 1 N–H and O–H groups in total. The Balaban J connectivity index is 2.10. The summed E-state index contributed by atoms with van der Waals surface area (Å²) >= 11 is 12.4. The molecule has 3 aromatic rings. The van der Waals surface area contributed by atoms with Gasteiger partial charge in [0.25, 0.3) is 0 Å². The van der Waals surface area contributed by atoms with Crippen LogP contribution in [-0.4, -0.2) is 50.5 Å². The van der Waals surface area contributed by atoms with E-state index in [4.69, 9.17) is 23.2 Å². The zero-order chi connectivity index (χ0) is 29.4. The summed E-state index contributed by atoms with van der Waals surface area (Å²) in [5.74, 6) is -0.844. The van der Waals surface area contributed by atoms with Crippen molar-refractivity contribution in [2.24, 2.45) is 0 Å². The van der Waals surface area contributed by atoms with Crippen LogP contribution in [0.15, 0.2) is 66.7 Å². The molecule has 214 valence electrons. The van der Waals surface area contributed by atoms with E-state index in [9.17, 15) is 18.0 Å². The average Bonchev–Trinajstić information content (AvgIpc) is 2.90. The van der Waals surface area contributed by atoms with Crippen LogP contribution in [0.4, 0.5) is 5.69 Å². The summed E-state index contributed by atoms with van der Waals surface area (Å²) in [6.45, 7) is 5.54. The van der Waals surface area contributed by atoms with Gasteiger partial charge < -0.3 is 10.2 Å². The van der Waals surface area contributed by atoms with Gasteiger partial charge in [-0.2, -0.15) is 0 Å². The predicted octanol–water partition coefficient (Wildman–Crippen LogP) is 5.54. The molecular formula is C30H35Cl2N3O4S. The minimum Gasteiger partial charge on any atom is -0.354 e. The maximum atomic E-state index is 14.1. The summed E-state index contributed by atoms with van der Waals surface area (Å²) in [4.78, 5) is 29.1. The summed E-state index contributed by atoms with van der Waals surface area (Å²) in [5, 5.41) is 3.59. The van der Waals surface area contributed by atoms with E-state index in [1.165, 1.54) is 4.90 Å². The third-order valence-corrected chi connectivity index (χ3v) is 8.38. The largest absolute Gasteiger partial charge is 0.354 e. The lowest BCUT2D eigenvalue weighted by molar-refractivity contribution is -0.140. The number of sulfonamides is 1. The zero-order valence-corrected chi connectivity index (χ0v) is 25.5. The fraction of sp³-hybridized carbons (Fsp3) is 0.333. The molecule has 3 aromatic carbocycles. The van der Waals surface area contributed by atoms with E-state index in [0.717, 1.165) is 33.7 Å². The Morgan fingerprint density at radius 3 is 2.12 bits per heavy atom. The van der Waals surface area contributed by atoms with Crippen LogP contribution in [0.1, 0.15) is 35.6 Å². The summed E-state index contributed by atoms with van der Waals surface area (Å²) in [6.07, 6.45) is 2.04. The second-order valence-electron chi connectivity index (χ2n) is 9.78. The number of amides is 2. The topological polar surface area (TPSA) is 86.8 Å². The van der Waals surface area contributed by atoms with Crippen LogP contribution in [0.3, 0.4) is 0 Å². The highest BCUT2D eigenvalue weighted by atomic mass is 35.5. The van der Waals surface area contributed by atoms with E-state index in [1.807, 2.05) is 43.3 Å². The summed E-state index contributed by atoms with van der Waals surface area (Å²) in [5.41, 5.74) is 3.40. The smallest absolute Gasteiger partial charge is 0.244 e.